The molecular formula is C14H17F3O4. The predicted octanol–water partition coefficient (Wildman–Crippen LogP) is 3.70. The zero-order valence-electron chi connectivity index (χ0n) is 11.8. The number of rotatable bonds is 7. The molecule has 0 saturated heterocycles. The Bertz CT molecular complexity index is 443. The normalized spacial score (nSPS) is 12.6. The molecule has 0 N–H and O–H groups in total. The van der Waals surface area contributed by atoms with Gasteiger partial charge in [0.05, 0.1) is 7.11 Å². The van der Waals surface area contributed by atoms with E-state index in [4.69, 9.17) is 4.74 Å². The summed E-state index contributed by atoms with van der Waals surface area (Å²) in [5.74, 6) is -0.590. The van der Waals surface area contributed by atoms with Crippen LogP contribution in [0.1, 0.15) is 26.2 Å². The number of methoxy groups -OCH3 is 1. The molecule has 1 aromatic carbocycles. The van der Waals surface area contributed by atoms with Gasteiger partial charge in [-0.05, 0) is 37.1 Å². The first kappa shape index (κ1) is 17.1. The van der Waals surface area contributed by atoms with E-state index in [0.717, 1.165) is 25.0 Å². The van der Waals surface area contributed by atoms with Gasteiger partial charge in [-0.2, -0.15) is 0 Å². The quantitative estimate of drug-likeness (QED) is 0.721. The molecule has 1 aromatic rings. The summed E-state index contributed by atoms with van der Waals surface area (Å²) < 4.78 is 49.9. The monoisotopic (exact) mass is 306 g/mol. The molecular weight excluding hydrogens is 289 g/mol. The summed E-state index contributed by atoms with van der Waals surface area (Å²) in [5, 5.41) is 0. The maximum atomic E-state index is 12.0. The predicted molar refractivity (Wildman–Crippen MR) is 69.1 cm³/mol. The summed E-state index contributed by atoms with van der Waals surface area (Å²) in [5.41, 5.74) is 0. The van der Waals surface area contributed by atoms with E-state index >= 15 is 0 Å². The van der Waals surface area contributed by atoms with Gasteiger partial charge in [-0.3, -0.25) is 0 Å². The number of carbonyl (C=O) groups excluding carboxylic acids is 1. The Morgan fingerprint density at radius 1 is 1.19 bits per heavy atom. The first-order chi connectivity index (χ1) is 9.85. The van der Waals surface area contributed by atoms with Gasteiger partial charge >= 0.3 is 12.3 Å². The molecule has 0 aliphatic heterocycles. The molecule has 0 aliphatic carbocycles. The van der Waals surface area contributed by atoms with Crippen LogP contribution >= 0.6 is 0 Å². The third-order valence-electron chi connectivity index (χ3n) is 2.62. The second kappa shape index (κ2) is 7.75. The largest absolute Gasteiger partial charge is 0.573 e. The van der Waals surface area contributed by atoms with Gasteiger partial charge in [0.2, 0.25) is 0 Å². The van der Waals surface area contributed by atoms with Crippen LogP contribution in [0.4, 0.5) is 13.2 Å². The van der Waals surface area contributed by atoms with Gasteiger partial charge in [0.15, 0.2) is 6.10 Å². The second-order valence-electron chi connectivity index (χ2n) is 4.29. The highest BCUT2D eigenvalue weighted by atomic mass is 19.4. The van der Waals surface area contributed by atoms with E-state index in [-0.39, 0.29) is 11.5 Å². The topological polar surface area (TPSA) is 44.8 Å². The van der Waals surface area contributed by atoms with Crippen LogP contribution in [-0.2, 0) is 9.53 Å². The molecule has 0 fully saturated rings. The molecule has 7 heteroatoms. The maximum absolute atomic E-state index is 12.0. The molecule has 1 unspecified atom stereocenters. The standard InChI is InChI=1S/C14H17F3O4/c1-3-4-5-12(13(18)19-2)20-10-6-8-11(9-7-10)21-14(15,16)17/h6-9,12H,3-5H2,1-2H3. The first-order valence-electron chi connectivity index (χ1n) is 6.46. The minimum absolute atomic E-state index is 0.274. The molecule has 0 bridgehead atoms. The first-order valence-corrected chi connectivity index (χ1v) is 6.46. The number of alkyl halides is 3. The van der Waals surface area contributed by atoms with Crippen LogP contribution in [0, 0.1) is 0 Å². The van der Waals surface area contributed by atoms with Crippen LogP contribution in [0.15, 0.2) is 24.3 Å². The number of ether oxygens (including phenoxy) is 3. The van der Waals surface area contributed by atoms with Gasteiger partial charge in [0.25, 0.3) is 0 Å². The van der Waals surface area contributed by atoms with Gasteiger partial charge in [-0.15, -0.1) is 13.2 Å². The van der Waals surface area contributed by atoms with E-state index in [2.05, 4.69) is 9.47 Å². The molecule has 4 nitrogen and oxygen atoms in total. The van der Waals surface area contributed by atoms with Gasteiger partial charge in [-0.25, -0.2) is 4.79 Å². The Kier molecular flexibility index (Phi) is 6.33. The maximum Gasteiger partial charge on any atom is 0.573 e. The van der Waals surface area contributed by atoms with E-state index in [9.17, 15) is 18.0 Å². The minimum Gasteiger partial charge on any atom is -0.479 e. The fraction of sp³-hybridized carbons (Fsp3) is 0.500. The molecule has 0 spiro atoms. The van der Waals surface area contributed by atoms with Crippen LogP contribution in [0.3, 0.4) is 0 Å². The van der Waals surface area contributed by atoms with Crippen LogP contribution < -0.4 is 9.47 Å². The lowest BCUT2D eigenvalue weighted by atomic mass is 10.1. The average Bonchev–Trinajstić information content (AvgIpc) is 2.42. The highest BCUT2D eigenvalue weighted by molar-refractivity contribution is 5.74. The van der Waals surface area contributed by atoms with Crippen LogP contribution in [0.2, 0.25) is 0 Å². The Morgan fingerprint density at radius 3 is 2.24 bits per heavy atom. The SMILES string of the molecule is CCCCC(Oc1ccc(OC(F)(F)F)cc1)C(=O)OC. The van der Waals surface area contributed by atoms with E-state index < -0.39 is 18.4 Å². The summed E-state index contributed by atoms with van der Waals surface area (Å²) in [6.07, 6.45) is -3.38. The fourth-order valence-corrected chi connectivity index (χ4v) is 1.63. The average molecular weight is 306 g/mol. The van der Waals surface area contributed by atoms with Crippen LogP contribution in [-0.4, -0.2) is 25.5 Å². The highest BCUT2D eigenvalue weighted by Crippen LogP contribution is 2.25. The van der Waals surface area contributed by atoms with Crippen molar-refractivity contribution >= 4 is 5.97 Å². The number of hydrogen-bond donors (Lipinski definition) is 0. The number of hydrogen-bond acceptors (Lipinski definition) is 4. The summed E-state index contributed by atoms with van der Waals surface area (Å²) in [7, 11) is 1.25. The van der Waals surface area contributed by atoms with Crippen molar-refractivity contribution in [3.8, 4) is 11.5 Å². The molecule has 0 aliphatic rings. The van der Waals surface area contributed by atoms with Crippen molar-refractivity contribution in [3.05, 3.63) is 24.3 Å². The molecule has 21 heavy (non-hydrogen) atoms. The van der Waals surface area contributed by atoms with Gasteiger partial charge < -0.3 is 14.2 Å². The lowest BCUT2D eigenvalue weighted by Crippen LogP contribution is -2.28. The van der Waals surface area contributed by atoms with Crippen molar-refractivity contribution in [1.29, 1.82) is 0 Å². The van der Waals surface area contributed by atoms with E-state index in [1.54, 1.807) is 0 Å². The number of carbonyl (C=O) groups is 1. The van der Waals surface area contributed by atoms with Crippen molar-refractivity contribution in [2.75, 3.05) is 7.11 Å². The number of benzene rings is 1. The fourth-order valence-electron chi connectivity index (χ4n) is 1.63. The van der Waals surface area contributed by atoms with Crippen molar-refractivity contribution in [2.24, 2.45) is 0 Å². The molecule has 0 aromatic heterocycles. The molecule has 1 atom stereocenters. The molecule has 0 heterocycles. The summed E-state index contributed by atoms with van der Waals surface area (Å²) in [4.78, 5) is 11.6. The lowest BCUT2D eigenvalue weighted by Gasteiger charge is -2.17. The van der Waals surface area contributed by atoms with Gasteiger partial charge in [0.1, 0.15) is 11.5 Å². The minimum atomic E-state index is -4.74. The van der Waals surface area contributed by atoms with Crippen molar-refractivity contribution in [1.82, 2.24) is 0 Å². The van der Waals surface area contributed by atoms with Crippen LogP contribution in [0.5, 0.6) is 11.5 Å². The summed E-state index contributed by atoms with van der Waals surface area (Å²) in [6.45, 7) is 1.97. The molecule has 1 rings (SSSR count). The molecule has 0 saturated carbocycles. The lowest BCUT2D eigenvalue weighted by molar-refractivity contribution is -0.274. The Labute approximate surface area is 120 Å². The third kappa shape index (κ3) is 6.37. The molecule has 0 radical (unpaired) electrons. The molecule has 118 valence electrons. The smallest absolute Gasteiger partial charge is 0.479 e. The molecule has 0 amide bonds. The zero-order valence-corrected chi connectivity index (χ0v) is 11.8. The number of unbranched alkanes of at least 4 members (excludes halogenated alkanes) is 1. The Morgan fingerprint density at radius 2 is 1.76 bits per heavy atom. The van der Waals surface area contributed by atoms with Crippen molar-refractivity contribution < 1.29 is 32.2 Å². The van der Waals surface area contributed by atoms with Crippen LogP contribution in [0.25, 0.3) is 0 Å². The summed E-state index contributed by atoms with van der Waals surface area (Å²) >= 11 is 0. The highest BCUT2D eigenvalue weighted by Gasteiger charge is 2.31. The van der Waals surface area contributed by atoms with Crippen molar-refractivity contribution in [2.45, 2.75) is 38.7 Å². The van der Waals surface area contributed by atoms with E-state index in [1.807, 2.05) is 6.92 Å². The number of halogens is 3. The Hall–Kier alpha value is -1.92. The summed E-state index contributed by atoms with van der Waals surface area (Å²) in [6, 6.07) is 4.86. The third-order valence-corrected chi connectivity index (χ3v) is 2.62. The zero-order chi connectivity index (χ0) is 15.9. The second-order valence-corrected chi connectivity index (χ2v) is 4.29. The van der Waals surface area contributed by atoms with Gasteiger partial charge in [0, 0.05) is 0 Å². The van der Waals surface area contributed by atoms with Gasteiger partial charge in [-0.1, -0.05) is 13.3 Å². The van der Waals surface area contributed by atoms with E-state index in [1.165, 1.54) is 19.2 Å². The Balaban J connectivity index is 2.69. The number of esters is 1. The van der Waals surface area contributed by atoms with E-state index in [0.29, 0.717) is 6.42 Å². The van der Waals surface area contributed by atoms with Crippen molar-refractivity contribution in [3.63, 3.8) is 0 Å².